The number of hydrogen-bond donors (Lipinski definition) is 1. The lowest BCUT2D eigenvalue weighted by molar-refractivity contribution is 0.440. The Morgan fingerprint density at radius 3 is 2.45 bits per heavy atom. The quantitative estimate of drug-likeness (QED) is 0.617. The van der Waals surface area contributed by atoms with E-state index in [9.17, 15) is 8.42 Å². The summed E-state index contributed by atoms with van der Waals surface area (Å²) < 4.78 is 22.1. The fourth-order valence-electron chi connectivity index (χ4n) is 0.530. The van der Waals surface area contributed by atoms with E-state index in [-0.39, 0.29) is 12.5 Å². The molecule has 0 aromatic heterocycles. The molecule has 1 atom stereocenters. The molecule has 0 bridgehead atoms. The van der Waals surface area contributed by atoms with Crippen LogP contribution in [0, 0.1) is 17.2 Å². The van der Waals surface area contributed by atoms with Crippen molar-refractivity contribution in [3.8, 4) is 6.07 Å². The van der Waals surface area contributed by atoms with Crippen molar-refractivity contribution in [2.45, 2.75) is 6.92 Å². The molecular weight excluding hydrogens is 166 g/mol. The van der Waals surface area contributed by atoms with Crippen LogP contribution in [0.15, 0.2) is 0 Å². The molecule has 0 rings (SSSR count). The number of nitrogens with two attached hydrogens (primary N) is 1. The first-order chi connectivity index (χ1) is 4.88. The maximum Gasteiger partial charge on any atom is 0.276 e. The summed E-state index contributed by atoms with van der Waals surface area (Å²) in [5.41, 5.74) is 0. The summed E-state index contributed by atoms with van der Waals surface area (Å²) in [4.78, 5) is 0. The Labute approximate surface area is 66.6 Å². The molecule has 1 unspecified atom stereocenters. The predicted molar refractivity (Wildman–Crippen MR) is 40.5 cm³/mol. The molecule has 64 valence electrons. The summed E-state index contributed by atoms with van der Waals surface area (Å²) in [5.74, 6) is -0.335. The highest BCUT2D eigenvalue weighted by Gasteiger charge is 2.13. The van der Waals surface area contributed by atoms with Gasteiger partial charge in [0, 0.05) is 13.6 Å². The molecule has 0 amide bonds. The Morgan fingerprint density at radius 1 is 1.73 bits per heavy atom. The lowest BCUT2D eigenvalue weighted by Crippen LogP contribution is -2.35. The van der Waals surface area contributed by atoms with Gasteiger partial charge in [-0.25, -0.2) is 5.14 Å². The first kappa shape index (κ1) is 10.4. The molecule has 0 saturated heterocycles. The molecule has 0 heterocycles. The van der Waals surface area contributed by atoms with Gasteiger partial charge in [-0.1, -0.05) is 0 Å². The Morgan fingerprint density at radius 2 is 2.18 bits per heavy atom. The number of rotatable bonds is 3. The summed E-state index contributed by atoms with van der Waals surface area (Å²) in [5, 5.41) is 13.1. The van der Waals surface area contributed by atoms with E-state index >= 15 is 0 Å². The van der Waals surface area contributed by atoms with Crippen LogP contribution in [0.1, 0.15) is 6.92 Å². The summed E-state index contributed by atoms with van der Waals surface area (Å²) >= 11 is 0. The first-order valence-electron chi connectivity index (χ1n) is 3.01. The summed E-state index contributed by atoms with van der Waals surface area (Å²) in [6, 6.07) is 1.91. The topological polar surface area (TPSA) is 87.2 Å². The molecule has 0 spiro atoms. The zero-order valence-corrected chi connectivity index (χ0v) is 7.30. The zero-order valence-electron chi connectivity index (χ0n) is 6.48. The van der Waals surface area contributed by atoms with Crippen LogP contribution in [-0.2, 0) is 10.2 Å². The molecule has 2 N–H and O–H groups in total. The lowest BCUT2D eigenvalue weighted by Gasteiger charge is -2.13. The minimum absolute atomic E-state index is 0.134. The summed E-state index contributed by atoms with van der Waals surface area (Å²) in [6.45, 7) is 1.76. The number of nitriles is 1. The van der Waals surface area contributed by atoms with Gasteiger partial charge >= 0.3 is 0 Å². The average molecular weight is 177 g/mol. The smallest absolute Gasteiger partial charge is 0.216 e. The molecular formula is C5H11N3O2S. The van der Waals surface area contributed by atoms with Crippen molar-refractivity contribution < 1.29 is 8.42 Å². The number of nitrogens with zero attached hydrogens (tertiary/aromatic N) is 2. The van der Waals surface area contributed by atoms with Crippen LogP contribution in [0.3, 0.4) is 0 Å². The molecule has 0 aliphatic rings. The van der Waals surface area contributed by atoms with Crippen LogP contribution in [-0.4, -0.2) is 26.3 Å². The van der Waals surface area contributed by atoms with Gasteiger partial charge in [-0.05, 0) is 6.92 Å². The first-order valence-corrected chi connectivity index (χ1v) is 4.52. The van der Waals surface area contributed by atoms with Crippen molar-refractivity contribution in [1.29, 1.82) is 5.26 Å². The predicted octanol–water partition coefficient (Wildman–Crippen LogP) is -0.719. The maximum atomic E-state index is 10.6. The summed E-state index contributed by atoms with van der Waals surface area (Å²) in [7, 11) is -2.29. The second-order valence-electron chi connectivity index (χ2n) is 2.36. The van der Waals surface area contributed by atoms with Crippen LogP contribution in [0.4, 0.5) is 0 Å². The fourth-order valence-corrected chi connectivity index (χ4v) is 0.962. The van der Waals surface area contributed by atoms with Gasteiger partial charge in [0.05, 0.1) is 12.0 Å². The van der Waals surface area contributed by atoms with Crippen molar-refractivity contribution in [2.24, 2.45) is 11.1 Å². The van der Waals surface area contributed by atoms with E-state index < -0.39 is 10.2 Å². The van der Waals surface area contributed by atoms with Gasteiger partial charge in [0.15, 0.2) is 0 Å². The largest absolute Gasteiger partial charge is 0.276 e. The third-order valence-electron chi connectivity index (χ3n) is 1.19. The van der Waals surface area contributed by atoms with Gasteiger partial charge in [-0.15, -0.1) is 0 Å². The molecule has 11 heavy (non-hydrogen) atoms. The minimum Gasteiger partial charge on any atom is -0.216 e. The van der Waals surface area contributed by atoms with Crippen LogP contribution < -0.4 is 5.14 Å². The van der Waals surface area contributed by atoms with E-state index in [1.807, 2.05) is 6.07 Å². The maximum absolute atomic E-state index is 10.6. The van der Waals surface area contributed by atoms with Gasteiger partial charge in [-0.2, -0.15) is 18.0 Å². The molecule has 0 saturated carbocycles. The second-order valence-corrected chi connectivity index (χ2v) is 4.01. The normalized spacial score (nSPS) is 14.5. The van der Waals surface area contributed by atoms with Gasteiger partial charge in [0.2, 0.25) is 0 Å². The lowest BCUT2D eigenvalue weighted by atomic mass is 10.2. The van der Waals surface area contributed by atoms with Gasteiger partial charge in [0.1, 0.15) is 0 Å². The Kier molecular flexibility index (Phi) is 3.45. The van der Waals surface area contributed by atoms with Gasteiger partial charge in [0.25, 0.3) is 10.2 Å². The number of hydrogen-bond acceptors (Lipinski definition) is 3. The van der Waals surface area contributed by atoms with Crippen LogP contribution in [0.5, 0.6) is 0 Å². The van der Waals surface area contributed by atoms with E-state index in [4.69, 9.17) is 10.4 Å². The molecule has 0 aromatic carbocycles. The molecule has 5 nitrogen and oxygen atoms in total. The Balaban J connectivity index is 4.12. The highest BCUT2D eigenvalue weighted by Crippen LogP contribution is 1.97. The minimum atomic E-state index is -3.63. The SMILES string of the molecule is CC(C#N)CN(C)S(N)(=O)=O. The van der Waals surface area contributed by atoms with Crippen molar-refractivity contribution in [3.63, 3.8) is 0 Å². The van der Waals surface area contributed by atoms with Crippen molar-refractivity contribution >= 4 is 10.2 Å². The fraction of sp³-hybridized carbons (Fsp3) is 0.800. The molecule has 0 aliphatic carbocycles. The van der Waals surface area contributed by atoms with Crippen molar-refractivity contribution in [1.82, 2.24) is 4.31 Å². The Bertz CT molecular complexity index is 253. The van der Waals surface area contributed by atoms with E-state index in [0.717, 1.165) is 4.31 Å². The molecule has 0 aromatic rings. The molecule has 6 heteroatoms. The second kappa shape index (κ2) is 3.67. The highest BCUT2D eigenvalue weighted by molar-refractivity contribution is 7.86. The standard InChI is InChI=1S/C5H11N3O2S/c1-5(3-6)4-8(2)11(7,9)10/h5H,4H2,1-2H3,(H2,7,9,10). The van der Waals surface area contributed by atoms with E-state index in [1.165, 1.54) is 7.05 Å². The third kappa shape index (κ3) is 3.93. The molecule has 0 fully saturated rings. The van der Waals surface area contributed by atoms with E-state index in [1.54, 1.807) is 6.92 Å². The molecule has 0 radical (unpaired) electrons. The van der Waals surface area contributed by atoms with Crippen LogP contribution in [0.2, 0.25) is 0 Å². The van der Waals surface area contributed by atoms with Crippen molar-refractivity contribution in [3.05, 3.63) is 0 Å². The van der Waals surface area contributed by atoms with Gasteiger partial charge in [-0.3, -0.25) is 0 Å². The third-order valence-corrected chi connectivity index (χ3v) is 2.20. The van der Waals surface area contributed by atoms with Crippen LogP contribution in [0.25, 0.3) is 0 Å². The van der Waals surface area contributed by atoms with E-state index in [2.05, 4.69) is 0 Å². The summed E-state index contributed by atoms with van der Waals surface area (Å²) in [6.07, 6.45) is 0. The van der Waals surface area contributed by atoms with E-state index in [0.29, 0.717) is 0 Å². The van der Waals surface area contributed by atoms with Gasteiger partial charge < -0.3 is 0 Å². The molecule has 0 aliphatic heterocycles. The average Bonchev–Trinajstić information content (AvgIpc) is 1.85. The monoisotopic (exact) mass is 177 g/mol. The van der Waals surface area contributed by atoms with Crippen LogP contribution >= 0.6 is 0 Å². The highest BCUT2D eigenvalue weighted by atomic mass is 32.2. The zero-order chi connectivity index (χ0) is 9.07. The Hall–Kier alpha value is -0.640. The van der Waals surface area contributed by atoms with Crippen molar-refractivity contribution in [2.75, 3.05) is 13.6 Å².